The second-order valence-electron chi connectivity index (χ2n) is 7.68. The van der Waals surface area contributed by atoms with Crippen molar-refractivity contribution in [1.29, 1.82) is 0 Å². The highest BCUT2D eigenvalue weighted by atomic mass is 32.1. The summed E-state index contributed by atoms with van der Waals surface area (Å²) in [6.45, 7) is 8.97. The van der Waals surface area contributed by atoms with Crippen molar-refractivity contribution in [2.75, 3.05) is 20.3 Å². The van der Waals surface area contributed by atoms with Crippen molar-refractivity contribution in [3.8, 4) is 11.5 Å². The van der Waals surface area contributed by atoms with Gasteiger partial charge in [0.15, 0.2) is 22.2 Å². The molecule has 154 valence electrons. The zero-order chi connectivity index (χ0) is 21.0. The van der Waals surface area contributed by atoms with Crippen molar-refractivity contribution >= 4 is 34.4 Å². The number of para-hydroxylation sites is 1. The molecular weight excluding hydrogens is 388 g/mol. The maximum absolute atomic E-state index is 12.5. The molecule has 0 radical (unpaired) electrons. The van der Waals surface area contributed by atoms with Crippen LogP contribution in [0.25, 0.3) is 17.1 Å². The maximum Gasteiger partial charge on any atom is 0.357 e. The zero-order valence-corrected chi connectivity index (χ0v) is 18.2. The van der Waals surface area contributed by atoms with Gasteiger partial charge >= 0.3 is 5.97 Å². The summed E-state index contributed by atoms with van der Waals surface area (Å²) in [6.07, 6.45) is 5.51. The lowest BCUT2D eigenvalue weighted by Crippen LogP contribution is -2.17. The van der Waals surface area contributed by atoms with E-state index in [1.807, 2.05) is 41.9 Å². The number of carbonyl (C=O) groups is 1. The minimum atomic E-state index is -0.395. The SMILES string of the molecule is CCOC(=O)c1c(/C=C/c2cccc(OC)c2OCC(C)(C)C)nc2sccn12. The first kappa shape index (κ1) is 20.9. The van der Waals surface area contributed by atoms with E-state index in [9.17, 15) is 4.79 Å². The molecule has 0 aliphatic heterocycles. The lowest BCUT2D eigenvalue weighted by molar-refractivity contribution is 0.0518. The molecule has 0 unspecified atom stereocenters. The van der Waals surface area contributed by atoms with Crippen LogP contribution in [0.5, 0.6) is 11.5 Å². The van der Waals surface area contributed by atoms with Gasteiger partial charge in [-0.1, -0.05) is 32.9 Å². The lowest BCUT2D eigenvalue weighted by Gasteiger charge is -2.21. The van der Waals surface area contributed by atoms with Crippen molar-refractivity contribution in [3.63, 3.8) is 0 Å². The minimum Gasteiger partial charge on any atom is -0.493 e. The number of imidazole rings is 1. The van der Waals surface area contributed by atoms with Crippen LogP contribution < -0.4 is 9.47 Å². The van der Waals surface area contributed by atoms with E-state index in [0.29, 0.717) is 36.1 Å². The molecule has 0 bridgehead atoms. The Morgan fingerprint density at radius 2 is 2.07 bits per heavy atom. The predicted octanol–water partition coefficient (Wildman–Crippen LogP) is 5.18. The number of hydrogen-bond acceptors (Lipinski definition) is 6. The van der Waals surface area contributed by atoms with E-state index in [-0.39, 0.29) is 5.41 Å². The molecule has 2 heterocycles. The number of ether oxygens (including phenoxy) is 3. The monoisotopic (exact) mass is 414 g/mol. The molecule has 29 heavy (non-hydrogen) atoms. The van der Waals surface area contributed by atoms with Crippen LogP contribution in [0.4, 0.5) is 0 Å². The van der Waals surface area contributed by atoms with Crippen LogP contribution in [0, 0.1) is 5.41 Å². The van der Waals surface area contributed by atoms with E-state index >= 15 is 0 Å². The molecule has 2 aromatic heterocycles. The summed E-state index contributed by atoms with van der Waals surface area (Å²) in [4.78, 5) is 17.8. The number of hydrogen-bond donors (Lipinski definition) is 0. The summed E-state index contributed by atoms with van der Waals surface area (Å²) < 4.78 is 18.5. The molecule has 3 aromatic rings. The molecule has 0 fully saturated rings. The summed E-state index contributed by atoms with van der Waals surface area (Å²) in [7, 11) is 1.62. The van der Waals surface area contributed by atoms with Gasteiger partial charge in [-0.3, -0.25) is 4.40 Å². The molecule has 0 saturated carbocycles. The first-order valence-electron chi connectivity index (χ1n) is 9.44. The highest BCUT2D eigenvalue weighted by Crippen LogP contribution is 2.34. The number of carbonyl (C=O) groups excluding carboxylic acids is 1. The van der Waals surface area contributed by atoms with Gasteiger partial charge in [0.2, 0.25) is 0 Å². The molecule has 7 heteroatoms. The van der Waals surface area contributed by atoms with Gasteiger partial charge in [0, 0.05) is 17.1 Å². The van der Waals surface area contributed by atoms with Crippen LogP contribution in [-0.4, -0.2) is 35.7 Å². The Kier molecular flexibility index (Phi) is 6.27. The predicted molar refractivity (Wildman–Crippen MR) is 116 cm³/mol. The second-order valence-corrected chi connectivity index (χ2v) is 8.56. The molecule has 0 atom stereocenters. The Morgan fingerprint density at radius 3 is 2.76 bits per heavy atom. The van der Waals surface area contributed by atoms with Crippen molar-refractivity contribution in [2.24, 2.45) is 5.41 Å². The quantitative estimate of drug-likeness (QED) is 0.499. The van der Waals surface area contributed by atoms with Gasteiger partial charge in [-0.05, 0) is 30.6 Å². The van der Waals surface area contributed by atoms with E-state index < -0.39 is 5.97 Å². The van der Waals surface area contributed by atoms with Gasteiger partial charge in [-0.2, -0.15) is 0 Å². The average molecular weight is 415 g/mol. The highest BCUT2D eigenvalue weighted by molar-refractivity contribution is 7.15. The van der Waals surface area contributed by atoms with Crippen LogP contribution in [0.2, 0.25) is 0 Å². The fraction of sp³-hybridized carbons (Fsp3) is 0.364. The third-order valence-corrected chi connectivity index (χ3v) is 4.81. The Balaban J connectivity index is 1.99. The van der Waals surface area contributed by atoms with Gasteiger partial charge in [-0.25, -0.2) is 9.78 Å². The van der Waals surface area contributed by atoms with Crippen molar-refractivity contribution in [1.82, 2.24) is 9.38 Å². The Bertz CT molecular complexity index is 1030. The van der Waals surface area contributed by atoms with Crippen LogP contribution >= 0.6 is 11.3 Å². The molecule has 6 nitrogen and oxygen atoms in total. The number of methoxy groups -OCH3 is 1. The fourth-order valence-corrected chi connectivity index (χ4v) is 3.48. The number of rotatable bonds is 7. The third kappa shape index (κ3) is 4.79. The molecule has 0 N–H and O–H groups in total. The van der Waals surface area contributed by atoms with Crippen LogP contribution in [0.1, 0.15) is 49.4 Å². The van der Waals surface area contributed by atoms with E-state index in [0.717, 1.165) is 10.5 Å². The molecule has 0 aliphatic rings. The summed E-state index contributed by atoms with van der Waals surface area (Å²) in [6, 6.07) is 5.71. The number of fused-ring (bicyclic) bond motifs is 1. The molecule has 0 amide bonds. The van der Waals surface area contributed by atoms with E-state index in [2.05, 4.69) is 25.8 Å². The molecule has 0 spiro atoms. The largest absolute Gasteiger partial charge is 0.493 e. The Morgan fingerprint density at radius 1 is 1.28 bits per heavy atom. The lowest BCUT2D eigenvalue weighted by atomic mass is 9.98. The smallest absolute Gasteiger partial charge is 0.357 e. The highest BCUT2D eigenvalue weighted by Gasteiger charge is 2.20. The normalized spacial score (nSPS) is 11.9. The number of thiazole rings is 1. The van der Waals surface area contributed by atoms with Crippen LogP contribution in [-0.2, 0) is 4.74 Å². The third-order valence-electron chi connectivity index (χ3n) is 4.06. The molecule has 0 aliphatic carbocycles. The van der Waals surface area contributed by atoms with Gasteiger partial charge < -0.3 is 14.2 Å². The zero-order valence-electron chi connectivity index (χ0n) is 17.4. The fourth-order valence-electron chi connectivity index (χ4n) is 2.76. The summed E-state index contributed by atoms with van der Waals surface area (Å²) in [5, 5.41) is 1.89. The van der Waals surface area contributed by atoms with Crippen molar-refractivity contribution < 1.29 is 19.0 Å². The summed E-state index contributed by atoms with van der Waals surface area (Å²) in [5.41, 5.74) is 1.83. The Labute approximate surface area is 174 Å². The van der Waals surface area contributed by atoms with E-state index in [1.54, 1.807) is 18.4 Å². The second kappa shape index (κ2) is 8.69. The first-order valence-corrected chi connectivity index (χ1v) is 10.3. The number of nitrogens with zero attached hydrogens (tertiary/aromatic N) is 2. The first-order chi connectivity index (χ1) is 13.8. The molecule has 0 saturated heterocycles. The van der Waals surface area contributed by atoms with Crippen molar-refractivity contribution in [3.05, 3.63) is 46.7 Å². The van der Waals surface area contributed by atoms with Crippen LogP contribution in [0.3, 0.4) is 0 Å². The number of aromatic nitrogens is 2. The van der Waals surface area contributed by atoms with Crippen molar-refractivity contribution in [2.45, 2.75) is 27.7 Å². The topological polar surface area (TPSA) is 62.1 Å². The van der Waals surface area contributed by atoms with Gasteiger partial charge in [0.25, 0.3) is 0 Å². The summed E-state index contributed by atoms with van der Waals surface area (Å²) in [5.74, 6) is 0.931. The van der Waals surface area contributed by atoms with Gasteiger partial charge in [0.05, 0.1) is 26.0 Å². The number of benzene rings is 1. The number of esters is 1. The van der Waals surface area contributed by atoms with E-state index in [4.69, 9.17) is 14.2 Å². The maximum atomic E-state index is 12.5. The molecular formula is C22H26N2O4S. The van der Waals surface area contributed by atoms with Gasteiger partial charge in [0.1, 0.15) is 0 Å². The van der Waals surface area contributed by atoms with Crippen LogP contribution in [0.15, 0.2) is 29.8 Å². The average Bonchev–Trinajstić information content (AvgIpc) is 3.24. The Hall–Kier alpha value is -2.80. The summed E-state index contributed by atoms with van der Waals surface area (Å²) >= 11 is 1.47. The molecule has 3 rings (SSSR count). The minimum absolute atomic E-state index is 0.00710. The molecule has 1 aromatic carbocycles. The van der Waals surface area contributed by atoms with E-state index in [1.165, 1.54) is 11.3 Å². The van der Waals surface area contributed by atoms with Gasteiger partial charge in [-0.15, -0.1) is 11.3 Å². The standard InChI is InChI=1S/C22H26N2O4S/c1-6-27-20(25)18-16(23-21-24(18)12-13-29-21)11-10-15-8-7-9-17(26-5)19(15)28-14-22(2,3)4/h7-13H,6,14H2,1-5H3/b11-10+.